The molecule has 5 heteroatoms. The van der Waals surface area contributed by atoms with E-state index in [-0.39, 0.29) is 0 Å². The number of benzene rings is 2. The van der Waals surface area contributed by atoms with Crippen molar-refractivity contribution in [3.8, 4) is 0 Å². The first kappa shape index (κ1) is 19.9. The molecular formula is C23H27N3O2. The van der Waals surface area contributed by atoms with Crippen LogP contribution in [-0.2, 0) is 17.8 Å². The SMILES string of the molecule is CC(C)N(CCc1c[nH]c2ccccc12)Cc1ccc(C=CC(=O)NO)cc1. The second-order valence-corrected chi connectivity index (χ2v) is 7.22. The molecule has 2 aromatic carbocycles. The molecule has 0 aliphatic rings. The monoisotopic (exact) mass is 377 g/mol. The van der Waals surface area contributed by atoms with Crippen LogP contribution in [0.25, 0.3) is 17.0 Å². The first-order chi connectivity index (χ1) is 13.6. The highest BCUT2D eigenvalue weighted by Gasteiger charge is 2.12. The molecule has 1 aromatic heterocycles. The molecule has 3 aromatic rings. The molecule has 0 fully saturated rings. The fourth-order valence-corrected chi connectivity index (χ4v) is 3.30. The van der Waals surface area contributed by atoms with Crippen molar-refractivity contribution in [3.05, 3.63) is 77.5 Å². The van der Waals surface area contributed by atoms with Crippen molar-refractivity contribution >= 4 is 22.9 Å². The van der Waals surface area contributed by atoms with Gasteiger partial charge in [-0.1, -0.05) is 42.5 Å². The molecule has 0 saturated heterocycles. The molecule has 0 aliphatic carbocycles. The van der Waals surface area contributed by atoms with Gasteiger partial charge in [-0.15, -0.1) is 0 Å². The van der Waals surface area contributed by atoms with E-state index in [9.17, 15) is 4.79 Å². The van der Waals surface area contributed by atoms with E-state index in [2.05, 4.69) is 66.3 Å². The number of carbonyl (C=O) groups is 1. The number of aromatic amines is 1. The van der Waals surface area contributed by atoms with E-state index in [1.54, 1.807) is 11.6 Å². The van der Waals surface area contributed by atoms with Crippen LogP contribution >= 0.6 is 0 Å². The van der Waals surface area contributed by atoms with Crippen LogP contribution in [0.5, 0.6) is 0 Å². The van der Waals surface area contributed by atoms with Crippen molar-refractivity contribution in [2.75, 3.05) is 6.54 Å². The largest absolute Gasteiger partial charge is 0.361 e. The molecule has 3 N–H and O–H groups in total. The molecule has 0 saturated carbocycles. The Morgan fingerprint density at radius 3 is 2.64 bits per heavy atom. The minimum Gasteiger partial charge on any atom is -0.361 e. The summed E-state index contributed by atoms with van der Waals surface area (Å²) < 4.78 is 0. The molecule has 146 valence electrons. The molecule has 1 amide bonds. The number of para-hydroxylation sites is 1. The van der Waals surface area contributed by atoms with Gasteiger partial charge in [0, 0.05) is 42.3 Å². The molecule has 5 nitrogen and oxygen atoms in total. The third-order valence-corrected chi connectivity index (χ3v) is 4.98. The van der Waals surface area contributed by atoms with Gasteiger partial charge in [0.05, 0.1) is 0 Å². The number of fused-ring (bicyclic) bond motifs is 1. The summed E-state index contributed by atoms with van der Waals surface area (Å²) in [5.41, 5.74) is 6.28. The second kappa shape index (κ2) is 9.35. The molecule has 1 heterocycles. The number of hydroxylamine groups is 1. The van der Waals surface area contributed by atoms with E-state index in [1.807, 2.05) is 12.1 Å². The fraction of sp³-hybridized carbons (Fsp3) is 0.261. The topological polar surface area (TPSA) is 68.4 Å². The van der Waals surface area contributed by atoms with Crippen molar-refractivity contribution in [2.24, 2.45) is 0 Å². The van der Waals surface area contributed by atoms with Crippen molar-refractivity contribution in [1.29, 1.82) is 0 Å². The molecule has 0 atom stereocenters. The Labute approximate surface area is 165 Å². The lowest BCUT2D eigenvalue weighted by Crippen LogP contribution is -2.32. The van der Waals surface area contributed by atoms with Crippen LogP contribution in [0.1, 0.15) is 30.5 Å². The number of amides is 1. The summed E-state index contributed by atoms with van der Waals surface area (Å²) in [5.74, 6) is -0.535. The lowest BCUT2D eigenvalue weighted by atomic mass is 10.1. The van der Waals surface area contributed by atoms with Crippen molar-refractivity contribution in [1.82, 2.24) is 15.4 Å². The number of nitrogens with one attached hydrogen (secondary N) is 2. The Hall–Kier alpha value is -2.89. The number of H-pyrrole nitrogens is 1. The van der Waals surface area contributed by atoms with Gasteiger partial charge in [0.15, 0.2) is 0 Å². The van der Waals surface area contributed by atoms with E-state index in [4.69, 9.17) is 5.21 Å². The van der Waals surface area contributed by atoms with Crippen molar-refractivity contribution in [3.63, 3.8) is 0 Å². The first-order valence-electron chi connectivity index (χ1n) is 9.57. The molecule has 3 rings (SSSR count). The smallest absolute Gasteiger partial charge is 0.267 e. The van der Waals surface area contributed by atoms with E-state index in [0.717, 1.165) is 25.1 Å². The van der Waals surface area contributed by atoms with Gasteiger partial charge < -0.3 is 4.98 Å². The minimum atomic E-state index is -0.535. The van der Waals surface area contributed by atoms with Crippen LogP contribution in [0.15, 0.2) is 60.8 Å². The average Bonchev–Trinajstić information content (AvgIpc) is 3.13. The number of carbonyl (C=O) groups excluding carboxylic acids is 1. The van der Waals surface area contributed by atoms with Gasteiger partial charge in [-0.05, 0) is 49.1 Å². The normalized spacial score (nSPS) is 11.8. The maximum atomic E-state index is 11.1. The lowest BCUT2D eigenvalue weighted by Gasteiger charge is -2.26. The summed E-state index contributed by atoms with van der Waals surface area (Å²) in [6.07, 6.45) is 6.09. The quantitative estimate of drug-likeness (QED) is 0.314. The zero-order chi connectivity index (χ0) is 19.9. The molecular weight excluding hydrogens is 350 g/mol. The van der Waals surface area contributed by atoms with Crippen LogP contribution < -0.4 is 5.48 Å². The molecule has 0 radical (unpaired) electrons. The predicted octanol–water partition coefficient (Wildman–Crippen LogP) is 4.14. The number of nitrogens with zero attached hydrogens (tertiary/aromatic N) is 1. The third-order valence-electron chi connectivity index (χ3n) is 4.98. The van der Waals surface area contributed by atoms with Gasteiger partial charge >= 0.3 is 0 Å². The minimum absolute atomic E-state index is 0.443. The zero-order valence-electron chi connectivity index (χ0n) is 16.4. The Balaban J connectivity index is 1.63. The van der Waals surface area contributed by atoms with Gasteiger partial charge in [0.1, 0.15) is 0 Å². The average molecular weight is 377 g/mol. The second-order valence-electron chi connectivity index (χ2n) is 7.22. The van der Waals surface area contributed by atoms with E-state index >= 15 is 0 Å². The molecule has 0 unspecified atom stereocenters. The van der Waals surface area contributed by atoms with E-state index < -0.39 is 5.91 Å². The maximum absolute atomic E-state index is 11.1. The number of aromatic nitrogens is 1. The predicted molar refractivity (Wildman–Crippen MR) is 113 cm³/mol. The summed E-state index contributed by atoms with van der Waals surface area (Å²) in [6, 6.07) is 17.0. The highest BCUT2D eigenvalue weighted by atomic mass is 16.5. The lowest BCUT2D eigenvalue weighted by molar-refractivity contribution is -0.124. The summed E-state index contributed by atoms with van der Waals surface area (Å²) in [6.45, 7) is 6.30. The van der Waals surface area contributed by atoms with Crippen LogP contribution in [0.4, 0.5) is 0 Å². The van der Waals surface area contributed by atoms with Crippen molar-refractivity contribution < 1.29 is 10.0 Å². The van der Waals surface area contributed by atoms with Crippen LogP contribution in [0.2, 0.25) is 0 Å². The third kappa shape index (κ3) is 5.09. The Morgan fingerprint density at radius 1 is 1.18 bits per heavy atom. The summed E-state index contributed by atoms with van der Waals surface area (Å²) in [4.78, 5) is 16.9. The highest BCUT2D eigenvalue weighted by molar-refractivity contribution is 5.90. The fourth-order valence-electron chi connectivity index (χ4n) is 3.30. The molecule has 0 spiro atoms. The van der Waals surface area contributed by atoms with Gasteiger partial charge in [-0.25, -0.2) is 5.48 Å². The highest BCUT2D eigenvalue weighted by Crippen LogP contribution is 2.19. The van der Waals surface area contributed by atoms with Gasteiger partial charge in [0.2, 0.25) is 0 Å². The van der Waals surface area contributed by atoms with E-state index in [1.165, 1.54) is 28.1 Å². The van der Waals surface area contributed by atoms with Crippen LogP contribution in [0, 0.1) is 0 Å². The molecule has 0 bridgehead atoms. The Bertz CT molecular complexity index is 942. The van der Waals surface area contributed by atoms with Gasteiger partial charge in [-0.3, -0.25) is 14.9 Å². The maximum Gasteiger partial charge on any atom is 0.267 e. The number of hydrogen-bond donors (Lipinski definition) is 3. The number of hydrogen-bond acceptors (Lipinski definition) is 3. The Kier molecular flexibility index (Phi) is 6.63. The molecule has 0 aliphatic heterocycles. The zero-order valence-corrected chi connectivity index (χ0v) is 16.4. The van der Waals surface area contributed by atoms with Gasteiger partial charge in [-0.2, -0.15) is 0 Å². The van der Waals surface area contributed by atoms with Crippen LogP contribution in [0.3, 0.4) is 0 Å². The summed E-state index contributed by atoms with van der Waals surface area (Å²) >= 11 is 0. The van der Waals surface area contributed by atoms with Crippen LogP contribution in [-0.4, -0.2) is 33.6 Å². The Morgan fingerprint density at radius 2 is 1.93 bits per heavy atom. The molecule has 28 heavy (non-hydrogen) atoms. The first-order valence-corrected chi connectivity index (χ1v) is 9.57. The number of rotatable bonds is 8. The standard InChI is InChI=1S/C23H27N3O2/c1-17(2)26(14-13-20-15-24-22-6-4-3-5-21(20)22)16-19-9-7-18(8-10-19)11-12-23(27)25-28/h3-12,15,17,24,28H,13-14,16H2,1-2H3,(H,25,27). The summed E-state index contributed by atoms with van der Waals surface area (Å²) in [7, 11) is 0. The summed E-state index contributed by atoms with van der Waals surface area (Å²) in [5, 5.41) is 9.83. The van der Waals surface area contributed by atoms with Crippen molar-refractivity contribution in [2.45, 2.75) is 32.9 Å². The van der Waals surface area contributed by atoms with Gasteiger partial charge in [0.25, 0.3) is 5.91 Å². The van der Waals surface area contributed by atoms with E-state index in [0.29, 0.717) is 6.04 Å².